The largest absolute Gasteiger partial charge is 0.493 e. The first kappa shape index (κ1) is 9.89. The van der Waals surface area contributed by atoms with Crippen LogP contribution in [0.15, 0.2) is 21.6 Å². The highest BCUT2D eigenvalue weighted by atomic mass is 79.9. The Labute approximate surface area is 82.4 Å². The monoisotopic (exact) mass is 245 g/mol. The summed E-state index contributed by atoms with van der Waals surface area (Å²) in [5.41, 5.74) is 0.115. The zero-order valence-electron chi connectivity index (χ0n) is 6.67. The Morgan fingerprint density at radius 1 is 1.62 bits per heavy atom. The number of hydrogen-bond acceptors (Lipinski definition) is 3. The van der Waals surface area contributed by atoms with Crippen LogP contribution < -0.4 is 4.74 Å². The minimum atomic E-state index is -0.498. The summed E-state index contributed by atoms with van der Waals surface area (Å²) >= 11 is 3.07. The molecule has 0 aliphatic heterocycles. The van der Waals surface area contributed by atoms with Crippen LogP contribution in [0.2, 0.25) is 0 Å². The molecule has 68 valence electrons. The predicted molar refractivity (Wildman–Crippen MR) is 48.4 cm³/mol. The number of ether oxygens (including phenoxy) is 1. The molecule has 0 spiro atoms. The molecule has 0 aliphatic rings. The second-order valence-corrected chi connectivity index (χ2v) is 3.00. The molecule has 0 bridgehead atoms. The molecule has 0 amide bonds. The van der Waals surface area contributed by atoms with Gasteiger partial charge >= 0.3 is 0 Å². The molecule has 0 radical (unpaired) electrons. The average Bonchev–Trinajstić information content (AvgIpc) is 2.04. The van der Waals surface area contributed by atoms with Crippen molar-refractivity contribution in [3.05, 3.63) is 22.4 Å². The Kier molecular flexibility index (Phi) is 3.17. The molecule has 5 heteroatoms. The van der Waals surface area contributed by atoms with Gasteiger partial charge in [-0.3, -0.25) is 0 Å². The molecule has 0 saturated carbocycles. The van der Waals surface area contributed by atoms with Crippen molar-refractivity contribution in [3.63, 3.8) is 0 Å². The van der Waals surface area contributed by atoms with Gasteiger partial charge in [-0.05, 0) is 22.0 Å². The molecule has 1 rings (SSSR count). The lowest BCUT2D eigenvalue weighted by atomic mass is 10.3. The smallest absolute Gasteiger partial charge is 0.240 e. The van der Waals surface area contributed by atoms with E-state index in [2.05, 4.69) is 20.9 Å². The molecule has 3 nitrogen and oxygen atoms in total. The summed E-state index contributed by atoms with van der Waals surface area (Å²) in [4.78, 5) is 13.3. The fraction of sp³-hybridized carbons (Fsp3) is 0.125. The normalized spacial score (nSPS) is 9.15. The molecule has 0 unspecified atom stereocenters. The molecule has 0 atom stereocenters. The van der Waals surface area contributed by atoms with Crippen LogP contribution in [0.5, 0.6) is 5.75 Å². The fourth-order valence-electron chi connectivity index (χ4n) is 0.881. The number of aliphatic imine (C=N–C) groups is 1. The third-order valence-electron chi connectivity index (χ3n) is 1.36. The van der Waals surface area contributed by atoms with Crippen molar-refractivity contribution in [2.24, 2.45) is 4.99 Å². The minimum Gasteiger partial charge on any atom is -0.493 e. The summed E-state index contributed by atoms with van der Waals surface area (Å²) in [6, 6.07) is 2.32. The number of halogens is 2. The summed E-state index contributed by atoms with van der Waals surface area (Å²) in [7, 11) is 1.40. The molecular formula is C8H5BrFNO2. The Morgan fingerprint density at radius 3 is 2.85 bits per heavy atom. The summed E-state index contributed by atoms with van der Waals surface area (Å²) in [5.74, 6) is -0.188. The number of carbonyl (C=O) groups excluding carboxylic acids is 1. The highest BCUT2D eigenvalue weighted by Crippen LogP contribution is 2.35. The number of methoxy groups -OCH3 is 1. The van der Waals surface area contributed by atoms with Crippen LogP contribution in [-0.4, -0.2) is 13.2 Å². The van der Waals surface area contributed by atoms with Gasteiger partial charge in [-0.2, -0.15) is 4.99 Å². The Balaban J connectivity index is 3.37. The maximum atomic E-state index is 12.8. The number of benzene rings is 1. The van der Waals surface area contributed by atoms with Crippen LogP contribution in [0.4, 0.5) is 10.1 Å². The van der Waals surface area contributed by atoms with E-state index in [1.54, 1.807) is 0 Å². The van der Waals surface area contributed by atoms with E-state index in [-0.39, 0.29) is 5.69 Å². The molecular weight excluding hydrogens is 241 g/mol. The standard InChI is InChI=1S/C8H5BrFNO2/c1-13-8-6(9)2-5(10)3-7(8)11-4-12/h2-3H,1H3. The van der Waals surface area contributed by atoms with Crippen molar-refractivity contribution in [3.8, 4) is 5.75 Å². The van der Waals surface area contributed by atoms with Gasteiger partial charge in [0.25, 0.3) is 0 Å². The van der Waals surface area contributed by atoms with Gasteiger partial charge in [-0.25, -0.2) is 9.18 Å². The van der Waals surface area contributed by atoms with E-state index in [1.165, 1.54) is 19.3 Å². The highest BCUT2D eigenvalue weighted by molar-refractivity contribution is 9.10. The van der Waals surface area contributed by atoms with Gasteiger partial charge in [0.1, 0.15) is 11.5 Å². The molecule has 13 heavy (non-hydrogen) atoms. The van der Waals surface area contributed by atoms with Crippen LogP contribution in [0.1, 0.15) is 0 Å². The number of hydrogen-bond donors (Lipinski definition) is 0. The van der Waals surface area contributed by atoms with E-state index < -0.39 is 5.82 Å². The van der Waals surface area contributed by atoms with Crippen LogP contribution in [-0.2, 0) is 4.79 Å². The van der Waals surface area contributed by atoms with E-state index in [0.29, 0.717) is 10.2 Å². The topological polar surface area (TPSA) is 38.7 Å². The molecule has 1 aromatic rings. The lowest BCUT2D eigenvalue weighted by Gasteiger charge is -2.05. The Hall–Kier alpha value is -1.19. The number of rotatable bonds is 2. The third kappa shape index (κ3) is 2.14. The summed E-state index contributed by atoms with van der Waals surface area (Å²) in [5, 5.41) is 0. The highest BCUT2D eigenvalue weighted by Gasteiger charge is 2.08. The van der Waals surface area contributed by atoms with E-state index in [1.807, 2.05) is 0 Å². The van der Waals surface area contributed by atoms with Gasteiger partial charge < -0.3 is 4.74 Å². The molecule has 0 N–H and O–H groups in total. The lowest BCUT2D eigenvalue weighted by molar-refractivity contribution is 0.412. The van der Waals surface area contributed by atoms with Crippen molar-refractivity contribution >= 4 is 27.7 Å². The zero-order valence-corrected chi connectivity index (χ0v) is 8.26. The Bertz CT molecular complexity index is 375. The summed E-state index contributed by atoms with van der Waals surface area (Å²) in [6.07, 6.45) is 1.32. The Morgan fingerprint density at radius 2 is 2.31 bits per heavy atom. The first-order chi connectivity index (χ1) is 6.19. The fourth-order valence-corrected chi connectivity index (χ4v) is 1.46. The van der Waals surface area contributed by atoms with Crippen molar-refractivity contribution in [1.29, 1.82) is 0 Å². The van der Waals surface area contributed by atoms with Crippen LogP contribution in [0, 0.1) is 5.82 Å². The predicted octanol–water partition coefficient (Wildman–Crippen LogP) is 2.56. The SMILES string of the molecule is COc1c(Br)cc(F)cc1N=C=O. The van der Waals surface area contributed by atoms with Gasteiger partial charge in [0, 0.05) is 6.07 Å². The quantitative estimate of drug-likeness (QED) is 0.594. The van der Waals surface area contributed by atoms with E-state index in [4.69, 9.17) is 4.74 Å². The minimum absolute atomic E-state index is 0.115. The van der Waals surface area contributed by atoms with Crippen LogP contribution >= 0.6 is 15.9 Å². The van der Waals surface area contributed by atoms with E-state index >= 15 is 0 Å². The van der Waals surface area contributed by atoms with Crippen molar-refractivity contribution in [2.75, 3.05) is 7.11 Å². The molecule has 0 saturated heterocycles. The first-order valence-corrected chi connectivity index (χ1v) is 4.09. The third-order valence-corrected chi connectivity index (χ3v) is 1.95. The van der Waals surface area contributed by atoms with Crippen LogP contribution in [0.25, 0.3) is 0 Å². The maximum absolute atomic E-state index is 12.8. The van der Waals surface area contributed by atoms with Gasteiger partial charge in [0.15, 0.2) is 5.75 Å². The average molecular weight is 246 g/mol. The lowest BCUT2D eigenvalue weighted by Crippen LogP contribution is -1.86. The zero-order chi connectivity index (χ0) is 9.84. The summed E-state index contributed by atoms with van der Waals surface area (Å²) < 4.78 is 18.1. The van der Waals surface area contributed by atoms with Gasteiger partial charge in [0.05, 0.1) is 11.6 Å². The van der Waals surface area contributed by atoms with Gasteiger partial charge in [-0.1, -0.05) is 0 Å². The molecule has 0 aromatic heterocycles. The number of isocyanates is 1. The molecule has 0 aliphatic carbocycles. The van der Waals surface area contributed by atoms with Gasteiger partial charge in [0.2, 0.25) is 6.08 Å². The van der Waals surface area contributed by atoms with E-state index in [0.717, 1.165) is 6.07 Å². The van der Waals surface area contributed by atoms with Gasteiger partial charge in [-0.15, -0.1) is 0 Å². The summed E-state index contributed by atoms with van der Waals surface area (Å²) in [6.45, 7) is 0. The molecule has 0 fully saturated rings. The second kappa shape index (κ2) is 4.16. The first-order valence-electron chi connectivity index (χ1n) is 3.30. The maximum Gasteiger partial charge on any atom is 0.240 e. The van der Waals surface area contributed by atoms with Crippen molar-refractivity contribution < 1.29 is 13.9 Å². The van der Waals surface area contributed by atoms with Crippen molar-refractivity contribution in [1.82, 2.24) is 0 Å². The van der Waals surface area contributed by atoms with Crippen LogP contribution in [0.3, 0.4) is 0 Å². The van der Waals surface area contributed by atoms with E-state index in [9.17, 15) is 9.18 Å². The van der Waals surface area contributed by atoms with Crippen molar-refractivity contribution in [2.45, 2.75) is 0 Å². The number of nitrogens with zero attached hydrogens (tertiary/aromatic N) is 1. The second-order valence-electron chi connectivity index (χ2n) is 2.14. The molecule has 0 heterocycles. The molecule has 1 aromatic carbocycles.